The van der Waals surface area contributed by atoms with Gasteiger partial charge in [-0.2, -0.15) is 0 Å². The van der Waals surface area contributed by atoms with Crippen molar-refractivity contribution in [1.29, 1.82) is 0 Å². The smallest absolute Gasteiger partial charge is 0.408 e. The normalized spacial score (nSPS) is 22.5. The zero-order valence-electron chi connectivity index (χ0n) is 10.3. The highest BCUT2D eigenvalue weighted by Gasteiger charge is 2.44. The van der Waals surface area contributed by atoms with E-state index in [4.69, 9.17) is 5.11 Å². The lowest BCUT2D eigenvalue weighted by atomic mass is 9.80. The SMILES string of the molecule is C=C.CC1(C)CCCC(C)(C)N1C(=O)O. The van der Waals surface area contributed by atoms with E-state index in [1.807, 2.05) is 27.7 Å². The first kappa shape index (κ1) is 14.0. The van der Waals surface area contributed by atoms with Gasteiger partial charge in [-0.25, -0.2) is 4.79 Å². The fourth-order valence-corrected chi connectivity index (χ4v) is 2.51. The molecule has 15 heavy (non-hydrogen) atoms. The van der Waals surface area contributed by atoms with Crippen molar-refractivity contribution in [1.82, 2.24) is 4.90 Å². The largest absolute Gasteiger partial charge is 0.465 e. The van der Waals surface area contributed by atoms with Gasteiger partial charge in [-0.1, -0.05) is 0 Å². The van der Waals surface area contributed by atoms with E-state index in [9.17, 15) is 4.79 Å². The number of nitrogens with zero attached hydrogens (tertiary/aromatic N) is 1. The molecule has 0 aliphatic carbocycles. The standard InChI is InChI=1S/C10H19NO2.C2H4/c1-9(2)6-5-7-10(3,4)11(9)8(12)13;1-2/h5-7H2,1-4H3,(H,12,13);1-2H2. The molecule has 0 aromatic heterocycles. The molecule has 1 heterocycles. The van der Waals surface area contributed by atoms with Gasteiger partial charge < -0.3 is 5.11 Å². The van der Waals surface area contributed by atoms with E-state index in [0.29, 0.717) is 0 Å². The fourth-order valence-electron chi connectivity index (χ4n) is 2.51. The molecule has 1 rings (SSSR count). The summed E-state index contributed by atoms with van der Waals surface area (Å²) in [6, 6.07) is 0. The number of carboxylic acid groups (broad SMARTS) is 1. The Labute approximate surface area is 92.8 Å². The van der Waals surface area contributed by atoms with E-state index < -0.39 is 6.09 Å². The number of hydrogen-bond donors (Lipinski definition) is 1. The van der Waals surface area contributed by atoms with E-state index in [1.54, 1.807) is 4.90 Å². The molecular weight excluding hydrogens is 190 g/mol. The number of carbonyl (C=O) groups is 1. The summed E-state index contributed by atoms with van der Waals surface area (Å²) in [6.07, 6.45) is 2.24. The predicted molar refractivity (Wildman–Crippen MR) is 63.1 cm³/mol. The van der Waals surface area contributed by atoms with Crippen LogP contribution >= 0.6 is 0 Å². The molecule has 1 N–H and O–H groups in total. The molecule has 0 aromatic rings. The molecular formula is C12H23NO2. The molecule has 3 heteroatoms. The van der Waals surface area contributed by atoms with Crippen LogP contribution in [0.25, 0.3) is 0 Å². The predicted octanol–water partition coefficient (Wildman–Crippen LogP) is 3.51. The Morgan fingerprint density at radius 3 is 1.67 bits per heavy atom. The van der Waals surface area contributed by atoms with Crippen molar-refractivity contribution < 1.29 is 9.90 Å². The molecule has 1 fully saturated rings. The second kappa shape index (κ2) is 4.69. The van der Waals surface area contributed by atoms with Gasteiger partial charge in [0.1, 0.15) is 0 Å². The third-order valence-electron chi connectivity index (χ3n) is 2.98. The van der Waals surface area contributed by atoms with Crippen LogP contribution < -0.4 is 0 Å². The van der Waals surface area contributed by atoms with Crippen molar-refractivity contribution in [2.75, 3.05) is 0 Å². The van der Waals surface area contributed by atoms with Crippen LogP contribution in [0.3, 0.4) is 0 Å². The van der Waals surface area contributed by atoms with Crippen molar-refractivity contribution in [3.05, 3.63) is 13.2 Å². The molecule has 0 radical (unpaired) electrons. The number of likely N-dealkylation sites (tertiary alicyclic amines) is 1. The van der Waals surface area contributed by atoms with Gasteiger partial charge in [-0.15, -0.1) is 13.2 Å². The number of piperidine rings is 1. The molecule has 1 amide bonds. The lowest BCUT2D eigenvalue weighted by Crippen LogP contribution is -2.60. The van der Waals surface area contributed by atoms with Gasteiger partial charge in [0.25, 0.3) is 0 Å². The third kappa shape index (κ3) is 2.98. The summed E-state index contributed by atoms with van der Waals surface area (Å²) >= 11 is 0. The number of hydrogen-bond acceptors (Lipinski definition) is 1. The maximum atomic E-state index is 11.1. The quantitative estimate of drug-likeness (QED) is 0.625. The van der Waals surface area contributed by atoms with Crippen molar-refractivity contribution in [2.24, 2.45) is 0 Å². The van der Waals surface area contributed by atoms with Gasteiger partial charge in [0.15, 0.2) is 0 Å². The molecule has 1 aliphatic heterocycles. The Morgan fingerprint density at radius 1 is 1.13 bits per heavy atom. The molecule has 3 nitrogen and oxygen atoms in total. The highest BCUT2D eigenvalue weighted by atomic mass is 16.4. The molecule has 0 aromatic carbocycles. The highest BCUT2D eigenvalue weighted by molar-refractivity contribution is 5.67. The first-order valence-corrected chi connectivity index (χ1v) is 5.31. The molecule has 0 bridgehead atoms. The monoisotopic (exact) mass is 213 g/mol. The second-order valence-corrected chi connectivity index (χ2v) is 5.10. The second-order valence-electron chi connectivity index (χ2n) is 5.10. The minimum atomic E-state index is -0.797. The van der Waals surface area contributed by atoms with E-state index >= 15 is 0 Å². The van der Waals surface area contributed by atoms with Crippen LogP contribution in [0.4, 0.5) is 4.79 Å². The van der Waals surface area contributed by atoms with Crippen molar-refractivity contribution in [2.45, 2.75) is 58.0 Å². The Morgan fingerprint density at radius 2 is 1.47 bits per heavy atom. The molecule has 88 valence electrons. The molecule has 0 atom stereocenters. The molecule has 0 saturated carbocycles. The zero-order valence-corrected chi connectivity index (χ0v) is 10.3. The van der Waals surface area contributed by atoms with Crippen molar-refractivity contribution in [3.63, 3.8) is 0 Å². The van der Waals surface area contributed by atoms with Crippen molar-refractivity contribution >= 4 is 6.09 Å². The minimum Gasteiger partial charge on any atom is -0.465 e. The Hall–Kier alpha value is -0.990. The van der Waals surface area contributed by atoms with E-state index in [2.05, 4.69) is 13.2 Å². The third-order valence-corrected chi connectivity index (χ3v) is 2.98. The summed E-state index contributed by atoms with van der Waals surface area (Å²) in [6.45, 7) is 14.0. The summed E-state index contributed by atoms with van der Waals surface area (Å²) in [5.74, 6) is 0. The van der Waals surface area contributed by atoms with Crippen LogP contribution in [0.2, 0.25) is 0 Å². The Bertz CT molecular complexity index is 218. The first-order valence-electron chi connectivity index (χ1n) is 5.31. The van der Waals surface area contributed by atoms with Gasteiger partial charge in [0.05, 0.1) is 0 Å². The zero-order chi connectivity index (χ0) is 12.3. The lowest BCUT2D eigenvalue weighted by molar-refractivity contribution is -0.0101. The van der Waals surface area contributed by atoms with Gasteiger partial charge in [0.2, 0.25) is 0 Å². The van der Waals surface area contributed by atoms with Gasteiger partial charge in [-0.05, 0) is 47.0 Å². The average Bonchev–Trinajstić information content (AvgIpc) is 2.02. The average molecular weight is 213 g/mol. The minimum absolute atomic E-state index is 0.215. The fraction of sp³-hybridized carbons (Fsp3) is 0.750. The van der Waals surface area contributed by atoms with Crippen LogP contribution in [0.5, 0.6) is 0 Å². The van der Waals surface area contributed by atoms with Crippen LogP contribution in [0.15, 0.2) is 13.2 Å². The van der Waals surface area contributed by atoms with Crippen LogP contribution in [0, 0.1) is 0 Å². The van der Waals surface area contributed by atoms with Gasteiger partial charge in [0, 0.05) is 11.1 Å². The van der Waals surface area contributed by atoms with Crippen LogP contribution in [-0.4, -0.2) is 27.2 Å². The topological polar surface area (TPSA) is 40.5 Å². The molecule has 0 spiro atoms. The first-order chi connectivity index (χ1) is 6.77. The molecule has 1 saturated heterocycles. The van der Waals surface area contributed by atoms with Gasteiger partial charge >= 0.3 is 6.09 Å². The van der Waals surface area contributed by atoms with Crippen LogP contribution in [-0.2, 0) is 0 Å². The summed E-state index contributed by atoms with van der Waals surface area (Å²) in [7, 11) is 0. The van der Waals surface area contributed by atoms with Crippen LogP contribution in [0.1, 0.15) is 47.0 Å². The molecule has 1 aliphatic rings. The maximum Gasteiger partial charge on any atom is 0.408 e. The Kier molecular flexibility index (Phi) is 4.38. The Balaban J connectivity index is 0.000000921. The number of amides is 1. The highest BCUT2D eigenvalue weighted by Crippen LogP contribution is 2.37. The maximum absolute atomic E-state index is 11.1. The van der Waals surface area contributed by atoms with E-state index in [1.165, 1.54) is 0 Å². The van der Waals surface area contributed by atoms with E-state index in [0.717, 1.165) is 19.3 Å². The summed E-state index contributed by atoms with van der Waals surface area (Å²) < 4.78 is 0. The number of rotatable bonds is 0. The molecule has 0 unspecified atom stereocenters. The summed E-state index contributed by atoms with van der Waals surface area (Å²) in [4.78, 5) is 12.7. The lowest BCUT2D eigenvalue weighted by Gasteiger charge is -2.51. The summed E-state index contributed by atoms with van der Waals surface area (Å²) in [5, 5.41) is 9.14. The van der Waals surface area contributed by atoms with Crippen molar-refractivity contribution in [3.8, 4) is 0 Å². The summed E-state index contributed by atoms with van der Waals surface area (Å²) in [5.41, 5.74) is -0.429. The van der Waals surface area contributed by atoms with Gasteiger partial charge in [-0.3, -0.25) is 4.90 Å². The van der Waals surface area contributed by atoms with E-state index in [-0.39, 0.29) is 11.1 Å².